The van der Waals surface area contributed by atoms with Crippen LogP contribution in [0, 0.1) is 11.8 Å². The molecule has 0 saturated heterocycles. The van der Waals surface area contributed by atoms with Crippen molar-refractivity contribution in [1.82, 2.24) is 0 Å². The molecule has 10 aromatic rings. The molecule has 13 rings (SSSR count). The molecule has 14 nitrogen and oxygen atoms in total. The van der Waals surface area contributed by atoms with Gasteiger partial charge in [0.1, 0.15) is 0 Å². The Bertz CT molecular complexity index is 2860. The highest BCUT2D eigenvalue weighted by molar-refractivity contribution is 5.34. The van der Waals surface area contributed by atoms with Gasteiger partial charge in [0.15, 0.2) is 0 Å². The van der Waals surface area contributed by atoms with Gasteiger partial charge in [-0.05, 0) is 197 Å². The van der Waals surface area contributed by atoms with Gasteiger partial charge in [-0.2, -0.15) is 0 Å². The summed E-state index contributed by atoms with van der Waals surface area (Å²) in [6.45, 7) is 4.57. The molecule has 3 aliphatic carbocycles. The molecule has 0 atom stereocenters. The Kier molecular flexibility index (Phi) is 128. The minimum Gasteiger partial charge on any atom is -0.333 e. The van der Waals surface area contributed by atoms with E-state index in [1.165, 1.54) is 217 Å². The van der Waals surface area contributed by atoms with Crippen LogP contribution in [0.15, 0.2) is 303 Å². The lowest BCUT2D eigenvalue weighted by molar-refractivity contribution is 0.244. The number of benzene rings is 10. The summed E-state index contributed by atoms with van der Waals surface area (Å²) in [4.78, 5) is 0. The van der Waals surface area contributed by atoms with E-state index in [4.69, 9.17) is 0 Å². The molecule has 0 bridgehead atoms. The van der Waals surface area contributed by atoms with E-state index in [9.17, 15) is 0 Å². The molecular weight excluding hydrogens is 1420 g/mol. The zero-order chi connectivity index (χ0) is 87.3. The largest absolute Gasteiger partial charge is 0.333 e. The second-order valence-corrected chi connectivity index (χ2v) is 23.9. The maximum absolute atomic E-state index is 4.62. The first-order valence-electron chi connectivity index (χ1n) is 41.3. The van der Waals surface area contributed by atoms with Crippen molar-refractivity contribution >= 4 is 0 Å². The molecule has 14 heteroatoms. The average Bonchev–Trinajstić information content (AvgIpc) is 0.879. The Morgan fingerprint density at radius 1 is 0.181 bits per heavy atom. The van der Waals surface area contributed by atoms with Crippen molar-refractivity contribution in [2.75, 3.05) is 91.2 Å². The van der Waals surface area contributed by atoms with E-state index in [0.717, 1.165) is 50.4 Å². The Morgan fingerprint density at radius 2 is 0.293 bits per heavy atom. The van der Waals surface area contributed by atoms with Gasteiger partial charge in [-0.25, -0.2) is 0 Å². The summed E-state index contributed by atoms with van der Waals surface area (Å²) in [7, 11) is 18.0. The Labute approximate surface area is 714 Å². The zero-order valence-electron chi connectivity index (χ0n) is 74.1. The summed E-state index contributed by atoms with van der Waals surface area (Å²) in [6, 6.07) is 105. The predicted molar refractivity (Wildman–Crippen MR) is 528 cm³/mol. The van der Waals surface area contributed by atoms with Crippen LogP contribution in [0.1, 0.15) is 193 Å². The van der Waals surface area contributed by atoms with Crippen LogP contribution < -0.4 is 80.3 Å². The average molecular weight is 1600 g/mol. The van der Waals surface area contributed by atoms with E-state index in [2.05, 4.69) is 313 Å². The van der Waals surface area contributed by atoms with Gasteiger partial charge in [0, 0.05) is 6.67 Å². The second kappa shape index (κ2) is 115. The smallest absolute Gasteiger partial charge is 0.0403 e. The normalized spacial score (nSPS) is 10.8. The van der Waals surface area contributed by atoms with Crippen LogP contribution >= 0.6 is 0 Å². The van der Waals surface area contributed by atoms with E-state index < -0.39 is 0 Å². The van der Waals surface area contributed by atoms with E-state index in [1.807, 2.05) is 84.9 Å². The molecule has 0 amide bonds. The fourth-order valence-corrected chi connectivity index (χ4v) is 11.5. The van der Waals surface area contributed by atoms with Gasteiger partial charge in [0.2, 0.25) is 0 Å². The third-order valence-corrected chi connectivity index (χ3v) is 16.5. The van der Waals surface area contributed by atoms with E-state index in [-0.39, 0.29) is 21.5 Å². The van der Waals surface area contributed by atoms with Crippen LogP contribution in [0.3, 0.4) is 0 Å². The molecule has 0 aliphatic heterocycles. The number of hydrogen-bond acceptors (Lipinski definition) is 14. The van der Waals surface area contributed by atoms with Gasteiger partial charge in [0.05, 0.1) is 0 Å². The lowest BCUT2D eigenvalue weighted by Gasteiger charge is -2.28. The fourth-order valence-electron chi connectivity index (χ4n) is 11.5. The first-order valence-corrected chi connectivity index (χ1v) is 41.3. The molecule has 3 fully saturated rings. The molecule has 10 aromatic carbocycles. The van der Waals surface area contributed by atoms with Crippen LogP contribution in [0.4, 0.5) is 0 Å². The van der Waals surface area contributed by atoms with E-state index >= 15 is 0 Å². The lowest BCUT2D eigenvalue weighted by atomic mass is 9.78. The summed E-state index contributed by atoms with van der Waals surface area (Å²) < 4.78 is 0. The minimum absolute atomic E-state index is 0. The van der Waals surface area contributed by atoms with Gasteiger partial charge in [-0.3, -0.25) is 0 Å². The maximum atomic E-state index is 4.62. The first kappa shape index (κ1) is 128. The second-order valence-electron chi connectivity index (χ2n) is 23.9. The molecular formula is C102H178N14. The van der Waals surface area contributed by atoms with Crippen molar-refractivity contribution in [3.8, 4) is 0 Å². The summed E-state index contributed by atoms with van der Waals surface area (Å²) in [5.74, 6) is 2.24. The first-order chi connectivity index (χ1) is 56.5. The third-order valence-electron chi connectivity index (χ3n) is 16.5. The Morgan fingerprint density at radius 3 is 0.422 bits per heavy atom. The number of aryl methyl sites for hydroxylation is 2. The van der Waals surface area contributed by atoms with Crippen LogP contribution in [-0.4, -0.2) is 91.2 Å². The molecule has 0 unspecified atom stereocenters. The van der Waals surface area contributed by atoms with Crippen molar-refractivity contribution in [3.05, 3.63) is 359 Å². The minimum atomic E-state index is 0. The molecule has 0 aromatic heterocycles. The molecule has 3 saturated carbocycles. The standard InChI is InChI=1S/C27H24.C13H24.C13H12.2C8H10.C6H12.2C6H6.CH6N2.12CH5N.2CH4/c1-3-7-22(8-4-1)19-24-11-15-26(16-12-24)21-27-17-13-25(14-18-27)20-23-9-5-2-6-10-23;2*1-3-7-12(8-4-1)11-13-9-5-2-6-10-13;2*1-2-8-6-4-3-5-7-8;3*1-2-4-6-5-3-1;2-1-3;12*1-2;;/h1-18H,19-21H2;12-13H,1-11H2;1-10H,11H2;2*3-7H,2H2,1H3;1-6H2;2*1-6H;1-3H2;12*2H2,1H3;2*1H4. The van der Waals surface area contributed by atoms with Gasteiger partial charge >= 0.3 is 0 Å². The highest BCUT2D eigenvalue weighted by atomic mass is 14.7. The van der Waals surface area contributed by atoms with Crippen molar-refractivity contribution in [3.63, 3.8) is 0 Å². The van der Waals surface area contributed by atoms with Gasteiger partial charge in [0.25, 0.3) is 0 Å². The van der Waals surface area contributed by atoms with Gasteiger partial charge in [-0.15, -0.1) is 0 Å². The molecule has 116 heavy (non-hydrogen) atoms. The van der Waals surface area contributed by atoms with Crippen molar-refractivity contribution in [1.29, 1.82) is 0 Å². The SMILES string of the molecule is C.C.C1CCC(CC2CCCCC2)CC1.C1CCCCC1.CCc1ccccc1.CCc1ccccc1.CN.CN.CN.CN.CN.CN.CN.CN.CN.CN.CN.CN.NCN.c1ccc(Cc2ccc(Cc3ccc(Cc4ccccc4)cc3)cc2)cc1.c1ccc(Cc2ccccc2)cc1.c1ccccc1.c1ccccc1. The van der Waals surface area contributed by atoms with Crippen molar-refractivity contribution in [2.45, 2.75) is 176 Å². The van der Waals surface area contributed by atoms with Crippen LogP contribution in [0.2, 0.25) is 0 Å². The monoisotopic (exact) mass is 1600 g/mol. The summed E-state index contributed by atoms with van der Waals surface area (Å²) in [5, 5.41) is 0. The third kappa shape index (κ3) is 83.6. The molecule has 0 spiro atoms. The highest BCUT2D eigenvalue weighted by Crippen LogP contribution is 2.35. The fraction of sp³-hybridized carbons (Fsp3) is 0.412. The topological polar surface area (TPSA) is 364 Å². The van der Waals surface area contributed by atoms with Crippen LogP contribution in [0.5, 0.6) is 0 Å². The van der Waals surface area contributed by atoms with Gasteiger partial charge in [-0.1, -0.05) is 435 Å². The number of hydrogen-bond donors (Lipinski definition) is 14. The highest BCUT2D eigenvalue weighted by Gasteiger charge is 2.20. The van der Waals surface area contributed by atoms with E-state index in [0.29, 0.717) is 0 Å². The molecule has 28 N–H and O–H groups in total. The summed E-state index contributed by atoms with van der Waals surface area (Å²) >= 11 is 0. The summed E-state index contributed by atoms with van der Waals surface area (Å²) in [6.07, 6.45) is 32.2. The number of rotatable bonds is 12. The van der Waals surface area contributed by atoms with Crippen LogP contribution in [-0.2, 0) is 38.5 Å². The quantitative estimate of drug-likeness (QED) is 0.0506. The summed E-state index contributed by atoms with van der Waals surface area (Å²) in [5.41, 5.74) is 77.0. The molecule has 0 heterocycles. The van der Waals surface area contributed by atoms with E-state index in [1.54, 1.807) is 32.1 Å². The molecule has 0 radical (unpaired) electrons. The van der Waals surface area contributed by atoms with Crippen molar-refractivity contribution in [2.24, 2.45) is 92.1 Å². The van der Waals surface area contributed by atoms with Crippen molar-refractivity contribution < 1.29 is 0 Å². The number of nitrogens with two attached hydrogens (primary N) is 14. The lowest BCUT2D eigenvalue weighted by Crippen LogP contribution is -2.14. The molecule has 3 aliphatic rings. The Hall–Kier alpha value is -8.36. The predicted octanol–water partition coefficient (Wildman–Crippen LogP) is 19.5. The zero-order valence-corrected chi connectivity index (χ0v) is 74.1. The van der Waals surface area contributed by atoms with Gasteiger partial charge < -0.3 is 80.3 Å². The Balaban J connectivity index is -0.000000138. The van der Waals surface area contributed by atoms with Crippen LogP contribution in [0.25, 0.3) is 0 Å². The maximum Gasteiger partial charge on any atom is 0.0403 e. The molecule has 656 valence electrons.